The second kappa shape index (κ2) is 9.52. The Labute approximate surface area is 175 Å². The van der Waals surface area contributed by atoms with Crippen molar-refractivity contribution in [1.82, 2.24) is 5.32 Å². The first-order chi connectivity index (χ1) is 14.4. The number of aromatic hydroxyl groups is 1. The fourth-order valence-corrected chi connectivity index (χ4v) is 3.59. The molecular weight excluding hydrogens is 386 g/mol. The molecule has 2 heterocycles. The zero-order chi connectivity index (χ0) is 21.7. The summed E-state index contributed by atoms with van der Waals surface area (Å²) >= 11 is 0. The number of carbonyl (C=O) groups is 2. The highest BCUT2D eigenvalue weighted by atomic mass is 16.5. The van der Waals surface area contributed by atoms with Gasteiger partial charge in [-0.2, -0.15) is 0 Å². The summed E-state index contributed by atoms with van der Waals surface area (Å²) in [5.41, 5.74) is 3.26. The van der Waals surface area contributed by atoms with Gasteiger partial charge in [-0.15, -0.1) is 0 Å². The van der Waals surface area contributed by atoms with E-state index in [0.29, 0.717) is 49.1 Å². The topological polar surface area (TPSA) is 98.0 Å². The van der Waals surface area contributed by atoms with Crippen LogP contribution >= 0.6 is 0 Å². The number of furan rings is 1. The van der Waals surface area contributed by atoms with E-state index in [-0.39, 0.29) is 23.8 Å². The number of ether oxygens (including phenoxy) is 2. The number of esters is 1. The summed E-state index contributed by atoms with van der Waals surface area (Å²) in [6.07, 6.45) is 5.58. The third-order valence-corrected chi connectivity index (χ3v) is 5.32. The van der Waals surface area contributed by atoms with Crippen LogP contribution < -0.4 is 10.1 Å². The molecule has 3 rings (SSSR count). The van der Waals surface area contributed by atoms with Gasteiger partial charge in [0.2, 0.25) is 5.91 Å². The van der Waals surface area contributed by atoms with E-state index in [1.165, 1.54) is 0 Å². The first-order valence-electron chi connectivity index (χ1n) is 9.95. The monoisotopic (exact) mass is 413 g/mol. The number of hydrogen-bond donors (Lipinski definition) is 2. The minimum absolute atomic E-state index is 0.0224. The van der Waals surface area contributed by atoms with E-state index < -0.39 is 5.97 Å². The van der Waals surface area contributed by atoms with Gasteiger partial charge in [0.05, 0.1) is 13.4 Å². The van der Waals surface area contributed by atoms with Gasteiger partial charge in [0.15, 0.2) is 0 Å². The molecule has 7 nitrogen and oxygen atoms in total. The van der Waals surface area contributed by atoms with Crippen LogP contribution in [0, 0.1) is 6.92 Å². The maximum atomic E-state index is 12.0. The lowest BCUT2D eigenvalue weighted by atomic mass is 9.94. The predicted molar refractivity (Wildman–Crippen MR) is 111 cm³/mol. The van der Waals surface area contributed by atoms with E-state index in [2.05, 4.69) is 5.32 Å². The second-order valence-corrected chi connectivity index (χ2v) is 7.35. The number of allylic oxidation sites excluding steroid dienone is 2. The average molecular weight is 413 g/mol. The van der Waals surface area contributed by atoms with Crippen LogP contribution in [0.4, 0.5) is 0 Å². The molecule has 1 aromatic heterocycles. The van der Waals surface area contributed by atoms with Crippen LogP contribution in [0.2, 0.25) is 0 Å². The van der Waals surface area contributed by atoms with E-state index in [1.54, 1.807) is 13.4 Å². The van der Waals surface area contributed by atoms with Crippen LogP contribution in [0.3, 0.4) is 0 Å². The summed E-state index contributed by atoms with van der Waals surface area (Å²) in [7, 11) is 1.54. The normalized spacial score (nSPS) is 13.2. The maximum absolute atomic E-state index is 12.0. The van der Waals surface area contributed by atoms with Gasteiger partial charge in [0, 0.05) is 30.5 Å². The molecule has 30 heavy (non-hydrogen) atoms. The van der Waals surface area contributed by atoms with Gasteiger partial charge in [-0.25, -0.2) is 4.79 Å². The number of phenols is 1. The van der Waals surface area contributed by atoms with Gasteiger partial charge >= 0.3 is 5.97 Å². The molecule has 0 saturated carbocycles. The lowest BCUT2D eigenvalue weighted by Gasteiger charge is -2.15. The number of methoxy groups -OCH3 is 1. The second-order valence-electron chi connectivity index (χ2n) is 7.35. The highest BCUT2D eigenvalue weighted by Crippen LogP contribution is 2.42. The molecule has 160 valence electrons. The van der Waals surface area contributed by atoms with Crippen molar-refractivity contribution in [1.29, 1.82) is 0 Å². The first kappa shape index (κ1) is 21.5. The third-order valence-electron chi connectivity index (χ3n) is 5.32. The Hall–Kier alpha value is -3.22. The van der Waals surface area contributed by atoms with E-state index >= 15 is 0 Å². The number of carbonyl (C=O) groups excluding carboxylic acids is 2. The van der Waals surface area contributed by atoms with Crippen LogP contribution in [0.15, 0.2) is 34.5 Å². The standard InChI is InChI=1S/C23H27NO6/c1-14(7-9-19(25)24-11-10-16-5-4-12-29-16)6-8-17-21(26)20-18(13-30-23(20)27)15(2)22(17)28-3/h4-6,12,26H,7-11,13H2,1-3H3,(H,24,25). The molecule has 1 aliphatic rings. The van der Waals surface area contributed by atoms with Crippen molar-refractivity contribution in [2.24, 2.45) is 0 Å². The van der Waals surface area contributed by atoms with Crippen molar-refractivity contribution in [2.75, 3.05) is 13.7 Å². The molecule has 0 fully saturated rings. The fourth-order valence-electron chi connectivity index (χ4n) is 3.59. The predicted octanol–water partition coefficient (Wildman–Crippen LogP) is 3.60. The number of phenolic OH excluding ortho intramolecular Hbond substituents is 1. The summed E-state index contributed by atoms with van der Waals surface area (Å²) in [4.78, 5) is 24.0. The summed E-state index contributed by atoms with van der Waals surface area (Å²) in [5, 5.41) is 13.5. The number of nitrogens with one attached hydrogen (secondary N) is 1. The largest absolute Gasteiger partial charge is 0.507 e. The smallest absolute Gasteiger partial charge is 0.342 e. The molecule has 0 bridgehead atoms. The highest BCUT2D eigenvalue weighted by Gasteiger charge is 2.31. The van der Waals surface area contributed by atoms with Gasteiger partial charge in [-0.3, -0.25) is 4.79 Å². The number of fused-ring (bicyclic) bond motifs is 1. The molecule has 7 heteroatoms. The molecule has 0 spiro atoms. The molecule has 1 aromatic carbocycles. The molecule has 0 aliphatic carbocycles. The minimum Gasteiger partial charge on any atom is -0.507 e. The van der Waals surface area contributed by atoms with E-state index in [4.69, 9.17) is 13.9 Å². The molecule has 0 unspecified atom stereocenters. The van der Waals surface area contributed by atoms with Gasteiger partial charge in [-0.05, 0) is 44.4 Å². The first-order valence-corrected chi connectivity index (χ1v) is 9.95. The fraction of sp³-hybridized carbons (Fsp3) is 0.391. The van der Waals surface area contributed by atoms with Crippen LogP contribution in [-0.2, 0) is 29.0 Å². The Kier molecular flexibility index (Phi) is 6.82. The summed E-state index contributed by atoms with van der Waals surface area (Å²) in [6.45, 7) is 4.47. The summed E-state index contributed by atoms with van der Waals surface area (Å²) < 4.78 is 15.8. The van der Waals surface area contributed by atoms with Crippen molar-refractivity contribution in [3.05, 3.63) is 58.1 Å². The van der Waals surface area contributed by atoms with E-state index in [0.717, 1.165) is 16.9 Å². The Morgan fingerprint density at radius 3 is 2.87 bits per heavy atom. The minimum atomic E-state index is -0.513. The Bertz CT molecular complexity index is 959. The maximum Gasteiger partial charge on any atom is 0.342 e. The molecule has 0 saturated heterocycles. The molecule has 0 radical (unpaired) electrons. The third kappa shape index (κ3) is 4.67. The van der Waals surface area contributed by atoms with Crippen molar-refractivity contribution in [3.8, 4) is 11.5 Å². The van der Waals surface area contributed by atoms with Crippen LogP contribution in [0.5, 0.6) is 11.5 Å². The molecule has 2 N–H and O–H groups in total. The van der Waals surface area contributed by atoms with Crippen LogP contribution in [-0.4, -0.2) is 30.6 Å². The highest BCUT2D eigenvalue weighted by molar-refractivity contribution is 5.98. The SMILES string of the molecule is COc1c(C)c2c(c(O)c1CC=C(C)CCC(=O)NCCc1ccco1)C(=O)OC2. The zero-order valence-electron chi connectivity index (χ0n) is 17.5. The van der Waals surface area contributed by atoms with Gasteiger partial charge < -0.3 is 24.3 Å². The molecule has 1 aliphatic heterocycles. The van der Waals surface area contributed by atoms with Crippen molar-refractivity contribution >= 4 is 11.9 Å². The van der Waals surface area contributed by atoms with Crippen molar-refractivity contribution in [2.45, 2.75) is 46.1 Å². The van der Waals surface area contributed by atoms with Crippen LogP contribution in [0.1, 0.15) is 52.6 Å². The number of rotatable bonds is 9. The Morgan fingerprint density at radius 1 is 1.37 bits per heavy atom. The summed E-state index contributed by atoms with van der Waals surface area (Å²) in [6, 6.07) is 3.70. The van der Waals surface area contributed by atoms with Crippen LogP contribution in [0.25, 0.3) is 0 Å². The van der Waals surface area contributed by atoms with Gasteiger partial charge in [0.25, 0.3) is 0 Å². The zero-order valence-corrected chi connectivity index (χ0v) is 17.5. The average Bonchev–Trinajstić information content (AvgIpc) is 3.38. The lowest BCUT2D eigenvalue weighted by molar-refractivity contribution is -0.121. The number of cyclic esters (lactones) is 1. The van der Waals surface area contributed by atoms with Crippen molar-refractivity contribution < 1.29 is 28.6 Å². The number of hydrogen-bond acceptors (Lipinski definition) is 6. The van der Waals surface area contributed by atoms with Crippen molar-refractivity contribution in [3.63, 3.8) is 0 Å². The quantitative estimate of drug-likeness (QED) is 0.481. The molecular formula is C23H27NO6. The van der Waals surface area contributed by atoms with E-state index in [1.807, 2.05) is 32.1 Å². The molecule has 1 amide bonds. The number of amides is 1. The Balaban J connectivity index is 1.58. The summed E-state index contributed by atoms with van der Waals surface area (Å²) in [5.74, 6) is 0.778. The number of benzene rings is 1. The van der Waals surface area contributed by atoms with Gasteiger partial charge in [0.1, 0.15) is 29.4 Å². The molecule has 2 aromatic rings. The Morgan fingerprint density at radius 2 is 2.17 bits per heavy atom. The molecule has 0 atom stereocenters. The van der Waals surface area contributed by atoms with Gasteiger partial charge in [-0.1, -0.05) is 11.6 Å². The lowest BCUT2D eigenvalue weighted by Crippen LogP contribution is -2.25. The van der Waals surface area contributed by atoms with E-state index in [9.17, 15) is 14.7 Å².